The first-order valence-electron chi connectivity index (χ1n) is 7.54. The highest BCUT2D eigenvalue weighted by Gasteiger charge is 2.06. The smallest absolute Gasteiger partial charge is 0.307 e. The Kier molecular flexibility index (Phi) is 4.57. The molecular formula is C20H16FNO2. The molecule has 3 aromatic rings. The van der Waals surface area contributed by atoms with Gasteiger partial charge in [-0.3, -0.25) is 4.79 Å². The number of rotatable bonds is 5. The molecule has 0 saturated carbocycles. The fourth-order valence-electron chi connectivity index (χ4n) is 2.49. The molecule has 0 fully saturated rings. The van der Waals surface area contributed by atoms with Gasteiger partial charge in [-0.1, -0.05) is 42.5 Å². The van der Waals surface area contributed by atoms with Crippen LogP contribution < -0.4 is 5.32 Å². The summed E-state index contributed by atoms with van der Waals surface area (Å²) in [6, 6.07) is 21.4. The highest BCUT2D eigenvalue weighted by atomic mass is 19.1. The van der Waals surface area contributed by atoms with Crippen molar-refractivity contribution in [1.82, 2.24) is 0 Å². The average Bonchev–Trinajstić information content (AvgIpc) is 2.57. The molecule has 0 amide bonds. The van der Waals surface area contributed by atoms with Gasteiger partial charge in [0, 0.05) is 16.9 Å². The lowest BCUT2D eigenvalue weighted by molar-refractivity contribution is -0.136. The molecule has 3 rings (SSSR count). The molecule has 2 N–H and O–H groups in total. The summed E-state index contributed by atoms with van der Waals surface area (Å²) in [7, 11) is 0. The second kappa shape index (κ2) is 6.96. The van der Waals surface area contributed by atoms with E-state index in [1.807, 2.05) is 36.4 Å². The zero-order chi connectivity index (χ0) is 16.9. The summed E-state index contributed by atoms with van der Waals surface area (Å²) in [5.41, 5.74) is 3.52. The maximum Gasteiger partial charge on any atom is 0.307 e. The molecule has 0 saturated heterocycles. The summed E-state index contributed by atoms with van der Waals surface area (Å²) in [4.78, 5) is 10.7. The summed E-state index contributed by atoms with van der Waals surface area (Å²) in [6.45, 7) is 0. The highest BCUT2D eigenvalue weighted by molar-refractivity contribution is 5.71. The first kappa shape index (κ1) is 15.7. The minimum absolute atomic E-state index is 0.0132. The summed E-state index contributed by atoms with van der Waals surface area (Å²) >= 11 is 0. The summed E-state index contributed by atoms with van der Waals surface area (Å²) in [5, 5.41) is 11.9. The SMILES string of the molecule is O=C(O)Cc1ccc(Nc2ccc(-c3ccccc3)c(F)c2)cc1. The zero-order valence-corrected chi connectivity index (χ0v) is 12.9. The Morgan fingerprint density at radius 2 is 1.58 bits per heavy atom. The number of hydrogen-bond donors (Lipinski definition) is 2. The van der Waals surface area contributed by atoms with Gasteiger partial charge in [-0.05, 0) is 41.5 Å². The molecule has 0 heterocycles. The lowest BCUT2D eigenvalue weighted by Gasteiger charge is -2.10. The molecule has 0 atom stereocenters. The number of hydrogen-bond acceptors (Lipinski definition) is 2. The van der Waals surface area contributed by atoms with E-state index >= 15 is 0 Å². The normalized spacial score (nSPS) is 10.4. The van der Waals surface area contributed by atoms with Crippen molar-refractivity contribution in [1.29, 1.82) is 0 Å². The lowest BCUT2D eigenvalue weighted by atomic mass is 10.0. The van der Waals surface area contributed by atoms with Crippen molar-refractivity contribution in [3.8, 4) is 11.1 Å². The molecule has 0 unspecified atom stereocenters. The summed E-state index contributed by atoms with van der Waals surface area (Å²) < 4.78 is 14.3. The van der Waals surface area contributed by atoms with Crippen molar-refractivity contribution in [2.24, 2.45) is 0 Å². The quantitative estimate of drug-likeness (QED) is 0.705. The van der Waals surface area contributed by atoms with Crippen molar-refractivity contribution in [2.45, 2.75) is 6.42 Å². The fraction of sp³-hybridized carbons (Fsp3) is 0.0500. The zero-order valence-electron chi connectivity index (χ0n) is 12.9. The molecular weight excluding hydrogens is 305 g/mol. The average molecular weight is 321 g/mol. The van der Waals surface area contributed by atoms with E-state index in [1.165, 1.54) is 6.07 Å². The number of aliphatic carboxylic acids is 1. The van der Waals surface area contributed by atoms with E-state index in [9.17, 15) is 9.18 Å². The van der Waals surface area contributed by atoms with Crippen LogP contribution in [0, 0.1) is 5.82 Å². The monoisotopic (exact) mass is 321 g/mol. The Hall–Kier alpha value is -3.14. The fourth-order valence-corrected chi connectivity index (χ4v) is 2.49. The van der Waals surface area contributed by atoms with Crippen molar-refractivity contribution < 1.29 is 14.3 Å². The van der Waals surface area contributed by atoms with Gasteiger partial charge in [-0.25, -0.2) is 4.39 Å². The number of nitrogens with one attached hydrogen (secondary N) is 1. The van der Waals surface area contributed by atoms with E-state index < -0.39 is 5.97 Å². The van der Waals surface area contributed by atoms with Crippen LogP contribution in [0.5, 0.6) is 0 Å². The molecule has 0 radical (unpaired) electrons. The number of halogens is 1. The Balaban J connectivity index is 1.76. The molecule has 4 heteroatoms. The van der Waals surface area contributed by atoms with Gasteiger partial charge >= 0.3 is 5.97 Å². The first-order chi connectivity index (χ1) is 11.6. The first-order valence-corrected chi connectivity index (χ1v) is 7.54. The summed E-state index contributed by atoms with van der Waals surface area (Å²) in [6.07, 6.45) is -0.0132. The van der Waals surface area contributed by atoms with E-state index in [0.717, 1.165) is 16.8 Å². The Bertz CT molecular complexity index is 845. The second-order valence-electron chi connectivity index (χ2n) is 5.45. The van der Waals surface area contributed by atoms with Gasteiger partial charge in [0.05, 0.1) is 6.42 Å². The molecule has 0 bridgehead atoms. The van der Waals surface area contributed by atoms with E-state index in [2.05, 4.69) is 5.32 Å². The Labute approximate surface area is 139 Å². The highest BCUT2D eigenvalue weighted by Crippen LogP contribution is 2.26. The van der Waals surface area contributed by atoms with E-state index in [0.29, 0.717) is 11.3 Å². The molecule has 3 nitrogen and oxygen atoms in total. The molecule has 3 aromatic carbocycles. The van der Waals surface area contributed by atoms with Crippen molar-refractivity contribution in [3.63, 3.8) is 0 Å². The number of anilines is 2. The van der Waals surface area contributed by atoms with Crippen LogP contribution in [0.2, 0.25) is 0 Å². The van der Waals surface area contributed by atoms with Gasteiger partial charge < -0.3 is 10.4 Å². The molecule has 0 spiro atoms. The van der Waals surface area contributed by atoms with Crippen molar-refractivity contribution >= 4 is 17.3 Å². The van der Waals surface area contributed by atoms with Crippen LogP contribution in [0.3, 0.4) is 0 Å². The van der Waals surface area contributed by atoms with Crippen LogP contribution in [-0.4, -0.2) is 11.1 Å². The third kappa shape index (κ3) is 3.79. The van der Waals surface area contributed by atoms with Crippen LogP contribution in [-0.2, 0) is 11.2 Å². The molecule has 0 aromatic heterocycles. The van der Waals surface area contributed by atoms with Gasteiger partial charge in [0.25, 0.3) is 0 Å². The number of carbonyl (C=O) groups is 1. The van der Waals surface area contributed by atoms with Gasteiger partial charge in [-0.15, -0.1) is 0 Å². The van der Waals surface area contributed by atoms with Crippen LogP contribution in [0.25, 0.3) is 11.1 Å². The molecule has 24 heavy (non-hydrogen) atoms. The molecule has 0 aliphatic rings. The number of carboxylic acid groups (broad SMARTS) is 1. The van der Waals surface area contributed by atoms with E-state index in [4.69, 9.17) is 5.11 Å². The maximum atomic E-state index is 14.3. The van der Waals surface area contributed by atoms with E-state index in [-0.39, 0.29) is 12.2 Å². The second-order valence-corrected chi connectivity index (χ2v) is 5.45. The third-order valence-electron chi connectivity index (χ3n) is 3.65. The van der Waals surface area contributed by atoms with Gasteiger partial charge in [-0.2, -0.15) is 0 Å². The number of benzene rings is 3. The summed E-state index contributed by atoms with van der Waals surface area (Å²) in [5.74, 6) is -1.16. The predicted molar refractivity (Wildman–Crippen MR) is 92.9 cm³/mol. The number of carboxylic acids is 1. The molecule has 120 valence electrons. The minimum Gasteiger partial charge on any atom is -0.481 e. The topological polar surface area (TPSA) is 49.3 Å². The molecule has 0 aliphatic carbocycles. The van der Waals surface area contributed by atoms with Crippen LogP contribution in [0.4, 0.5) is 15.8 Å². The van der Waals surface area contributed by atoms with Gasteiger partial charge in [0.1, 0.15) is 5.82 Å². The largest absolute Gasteiger partial charge is 0.481 e. The van der Waals surface area contributed by atoms with Crippen molar-refractivity contribution in [2.75, 3.05) is 5.32 Å². The predicted octanol–water partition coefficient (Wildman–Crippen LogP) is 4.86. The standard InChI is InChI=1S/C20H16FNO2/c21-19-13-17(10-11-18(19)15-4-2-1-3-5-15)22-16-8-6-14(7-9-16)12-20(23)24/h1-11,13,22H,12H2,(H,23,24). The van der Waals surface area contributed by atoms with Crippen molar-refractivity contribution in [3.05, 3.63) is 84.2 Å². The van der Waals surface area contributed by atoms with Gasteiger partial charge in [0.2, 0.25) is 0 Å². The molecule has 0 aliphatic heterocycles. The van der Waals surface area contributed by atoms with Crippen LogP contribution in [0.1, 0.15) is 5.56 Å². The minimum atomic E-state index is -0.866. The van der Waals surface area contributed by atoms with Crippen LogP contribution in [0.15, 0.2) is 72.8 Å². The van der Waals surface area contributed by atoms with E-state index in [1.54, 1.807) is 30.3 Å². The lowest BCUT2D eigenvalue weighted by Crippen LogP contribution is -2.00. The third-order valence-corrected chi connectivity index (χ3v) is 3.65. The van der Waals surface area contributed by atoms with Gasteiger partial charge in [0.15, 0.2) is 0 Å². The van der Waals surface area contributed by atoms with Crippen LogP contribution >= 0.6 is 0 Å². The Morgan fingerprint density at radius 1 is 0.917 bits per heavy atom. The Morgan fingerprint density at radius 3 is 2.21 bits per heavy atom. The maximum absolute atomic E-state index is 14.3.